The van der Waals surface area contributed by atoms with Crippen LogP contribution in [0.5, 0.6) is 0 Å². The fourth-order valence-corrected chi connectivity index (χ4v) is 2.56. The lowest BCUT2D eigenvalue weighted by Gasteiger charge is -2.03. The molecule has 0 bridgehead atoms. The van der Waals surface area contributed by atoms with Gasteiger partial charge in [-0.15, -0.1) is 0 Å². The molecule has 2 heterocycles. The van der Waals surface area contributed by atoms with Crippen molar-refractivity contribution in [3.8, 4) is 0 Å². The van der Waals surface area contributed by atoms with Gasteiger partial charge >= 0.3 is 0 Å². The summed E-state index contributed by atoms with van der Waals surface area (Å²) in [6.45, 7) is 2.43. The fraction of sp³-hybridized carbons (Fsp3) is 0.188. The molecule has 1 aromatic carbocycles. The maximum atomic E-state index is 12.2. The average molecular weight is 330 g/mol. The number of carbonyl (C=O) groups excluding carboxylic acids is 1. The summed E-state index contributed by atoms with van der Waals surface area (Å²) < 4.78 is 3.30. The smallest absolute Gasteiger partial charge is 0.275 e. The number of carbonyl (C=O) groups is 1. The molecule has 0 fully saturated rings. The quantitative estimate of drug-likeness (QED) is 0.800. The highest BCUT2D eigenvalue weighted by Gasteiger charge is 2.13. The third kappa shape index (κ3) is 3.60. The van der Waals surface area contributed by atoms with Gasteiger partial charge in [0.15, 0.2) is 5.82 Å². The van der Waals surface area contributed by atoms with Crippen molar-refractivity contribution in [2.45, 2.75) is 13.5 Å². The molecule has 7 heteroatoms. The molecule has 3 rings (SSSR count). The maximum absolute atomic E-state index is 12.2. The van der Waals surface area contributed by atoms with Gasteiger partial charge in [0.1, 0.15) is 5.69 Å². The summed E-state index contributed by atoms with van der Waals surface area (Å²) in [7, 11) is 1.74. The zero-order valence-electron chi connectivity index (χ0n) is 12.8. The number of hydrogen-bond donors (Lipinski definition) is 1. The van der Waals surface area contributed by atoms with Crippen LogP contribution >= 0.6 is 11.6 Å². The van der Waals surface area contributed by atoms with Crippen LogP contribution in [0.25, 0.3) is 0 Å². The van der Waals surface area contributed by atoms with Crippen LogP contribution in [0.3, 0.4) is 0 Å². The average Bonchev–Trinajstić information content (AvgIpc) is 3.05. The van der Waals surface area contributed by atoms with E-state index in [1.807, 2.05) is 37.4 Å². The van der Waals surface area contributed by atoms with Gasteiger partial charge in [0.2, 0.25) is 0 Å². The van der Waals surface area contributed by atoms with Gasteiger partial charge in [-0.1, -0.05) is 23.7 Å². The molecule has 1 N–H and O–H groups in total. The normalized spacial score (nSPS) is 10.7. The minimum Gasteiger partial charge on any atom is -0.304 e. The first-order valence-electron chi connectivity index (χ1n) is 7.11. The first kappa shape index (κ1) is 15.3. The molecule has 118 valence electrons. The minimum absolute atomic E-state index is 0.235. The number of aryl methyl sites for hydroxylation is 2. The minimum atomic E-state index is -0.235. The highest BCUT2D eigenvalue weighted by molar-refractivity contribution is 6.30. The lowest BCUT2D eigenvalue weighted by molar-refractivity contribution is 0.101. The van der Waals surface area contributed by atoms with Crippen molar-refractivity contribution in [3.63, 3.8) is 0 Å². The van der Waals surface area contributed by atoms with E-state index in [9.17, 15) is 4.79 Å². The van der Waals surface area contributed by atoms with Crippen LogP contribution in [0, 0.1) is 6.92 Å². The fourth-order valence-electron chi connectivity index (χ4n) is 2.34. The number of anilines is 1. The van der Waals surface area contributed by atoms with E-state index in [2.05, 4.69) is 15.5 Å². The van der Waals surface area contributed by atoms with Crippen LogP contribution < -0.4 is 5.32 Å². The van der Waals surface area contributed by atoms with Crippen LogP contribution in [0.15, 0.2) is 42.6 Å². The van der Waals surface area contributed by atoms with Crippen molar-refractivity contribution in [2.24, 2.45) is 7.05 Å². The summed E-state index contributed by atoms with van der Waals surface area (Å²) in [6, 6.07) is 11.1. The summed E-state index contributed by atoms with van der Waals surface area (Å²) in [5, 5.41) is 12.0. The molecule has 0 radical (unpaired) electrons. The Labute approximate surface area is 138 Å². The Morgan fingerprint density at radius 3 is 2.78 bits per heavy atom. The van der Waals surface area contributed by atoms with Crippen molar-refractivity contribution < 1.29 is 4.79 Å². The second-order valence-corrected chi connectivity index (χ2v) is 5.71. The van der Waals surface area contributed by atoms with E-state index in [0.29, 0.717) is 23.1 Å². The summed E-state index contributed by atoms with van der Waals surface area (Å²) >= 11 is 5.97. The first-order chi connectivity index (χ1) is 11.0. The number of halogens is 1. The zero-order valence-corrected chi connectivity index (χ0v) is 13.6. The lowest BCUT2D eigenvalue weighted by atomic mass is 10.2. The number of amides is 1. The highest BCUT2D eigenvalue weighted by Crippen LogP contribution is 2.13. The molecule has 1 amide bonds. The molecule has 0 atom stereocenters. The van der Waals surface area contributed by atoms with Gasteiger partial charge in [0.05, 0.1) is 12.2 Å². The molecule has 0 saturated heterocycles. The number of benzene rings is 1. The molecule has 0 aliphatic rings. The Kier molecular flexibility index (Phi) is 4.16. The van der Waals surface area contributed by atoms with Crippen LogP contribution in [0.4, 0.5) is 5.82 Å². The second-order valence-electron chi connectivity index (χ2n) is 5.28. The Morgan fingerprint density at radius 2 is 2.09 bits per heavy atom. The van der Waals surface area contributed by atoms with E-state index in [1.54, 1.807) is 28.5 Å². The van der Waals surface area contributed by atoms with Crippen molar-refractivity contribution in [2.75, 3.05) is 5.32 Å². The monoisotopic (exact) mass is 329 g/mol. The van der Waals surface area contributed by atoms with E-state index in [1.165, 1.54) is 0 Å². The molecule has 2 aromatic heterocycles. The SMILES string of the molecule is Cc1cc(C(=O)Nc2ccn(Cc3cccc(Cl)c3)n2)n(C)n1. The highest BCUT2D eigenvalue weighted by atomic mass is 35.5. The van der Waals surface area contributed by atoms with Gasteiger partial charge in [-0.3, -0.25) is 14.2 Å². The lowest BCUT2D eigenvalue weighted by Crippen LogP contribution is -2.16. The van der Waals surface area contributed by atoms with Gasteiger partial charge in [-0.2, -0.15) is 10.2 Å². The zero-order chi connectivity index (χ0) is 16.4. The van der Waals surface area contributed by atoms with E-state index in [4.69, 9.17) is 11.6 Å². The molecule has 0 unspecified atom stereocenters. The van der Waals surface area contributed by atoms with E-state index < -0.39 is 0 Å². The van der Waals surface area contributed by atoms with Crippen LogP contribution in [-0.2, 0) is 13.6 Å². The Hall–Kier alpha value is -2.60. The summed E-state index contributed by atoms with van der Waals surface area (Å²) in [5.41, 5.74) is 2.33. The molecule has 0 aliphatic heterocycles. The van der Waals surface area contributed by atoms with Crippen molar-refractivity contribution in [1.82, 2.24) is 19.6 Å². The standard InChI is InChI=1S/C16H16ClN5O/c1-11-8-14(21(2)19-11)16(23)18-15-6-7-22(20-15)10-12-4-3-5-13(17)9-12/h3-9H,10H2,1-2H3,(H,18,20,23). The van der Waals surface area contributed by atoms with E-state index in [0.717, 1.165) is 11.3 Å². The summed E-state index contributed by atoms with van der Waals surface area (Å²) in [6.07, 6.45) is 1.81. The third-order valence-electron chi connectivity index (χ3n) is 3.35. The van der Waals surface area contributed by atoms with Crippen molar-refractivity contribution >= 4 is 23.3 Å². The van der Waals surface area contributed by atoms with E-state index in [-0.39, 0.29) is 5.91 Å². The topological polar surface area (TPSA) is 64.7 Å². The molecule has 3 aromatic rings. The largest absolute Gasteiger partial charge is 0.304 e. The first-order valence-corrected chi connectivity index (χ1v) is 7.49. The predicted octanol–water partition coefficient (Wildman–Crippen LogP) is 2.88. The van der Waals surface area contributed by atoms with Crippen LogP contribution in [0.1, 0.15) is 21.7 Å². The number of nitrogens with zero attached hydrogens (tertiary/aromatic N) is 4. The Bertz CT molecular complexity index is 852. The second kappa shape index (κ2) is 6.26. The van der Waals surface area contributed by atoms with Gasteiger partial charge in [-0.25, -0.2) is 0 Å². The molecule has 0 spiro atoms. The molecule has 0 aliphatic carbocycles. The number of rotatable bonds is 4. The van der Waals surface area contributed by atoms with Gasteiger partial charge < -0.3 is 5.32 Å². The number of nitrogens with one attached hydrogen (secondary N) is 1. The number of hydrogen-bond acceptors (Lipinski definition) is 3. The van der Waals surface area contributed by atoms with Gasteiger partial charge in [-0.05, 0) is 30.7 Å². The predicted molar refractivity (Wildman–Crippen MR) is 88.7 cm³/mol. The molecular weight excluding hydrogens is 314 g/mol. The van der Waals surface area contributed by atoms with Crippen molar-refractivity contribution in [1.29, 1.82) is 0 Å². The van der Waals surface area contributed by atoms with Crippen LogP contribution in [0.2, 0.25) is 5.02 Å². The summed E-state index contributed by atoms with van der Waals surface area (Å²) in [5.74, 6) is 0.261. The molecular formula is C16H16ClN5O. The molecule has 6 nitrogen and oxygen atoms in total. The molecule has 0 saturated carbocycles. The summed E-state index contributed by atoms with van der Waals surface area (Å²) in [4.78, 5) is 12.2. The van der Waals surface area contributed by atoms with Gasteiger partial charge in [0, 0.05) is 24.3 Å². The van der Waals surface area contributed by atoms with Gasteiger partial charge in [0.25, 0.3) is 5.91 Å². The van der Waals surface area contributed by atoms with Crippen LogP contribution in [-0.4, -0.2) is 25.5 Å². The van der Waals surface area contributed by atoms with E-state index >= 15 is 0 Å². The van der Waals surface area contributed by atoms with Crippen molar-refractivity contribution in [3.05, 3.63) is 64.6 Å². The Morgan fingerprint density at radius 1 is 1.26 bits per heavy atom. The Balaban J connectivity index is 1.70. The third-order valence-corrected chi connectivity index (χ3v) is 3.59. The maximum Gasteiger partial charge on any atom is 0.275 e. The molecule has 23 heavy (non-hydrogen) atoms. The number of aromatic nitrogens is 4.